The minimum atomic E-state index is -0.468. The van der Waals surface area contributed by atoms with E-state index < -0.39 is 5.97 Å². The molecule has 0 radical (unpaired) electrons. The number of esters is 1. The van der Waals surface area contributed by atoms with Crippen LogP contribution >= 0.6 is 27.7 Å². The molecule has 1 aromatic carbocycles. The van der Waals surface area contributed by atoms with Gasteiger partial charge in [-0.25, -0.2) is 4.79 Å². The third-order valence-electron chi connectivity index (χ3n) is 2.47. The summed E-state index contributed by atoms with van der Waals surface area (Å²) < 4.78 is 10.7. The molecule has 19 heavy (non-hydrogen) atoms. The SMILES string of the molecule is COC(=O)c1occc1CSc1ccc(Br)cc1N. The molecule has 0 bridgehead atoms. The topological polar surface area (TPSA) is 65.5 Å². The molecule has 2 aromatic rings. The van der Waals surface area contributed by atoms with Gasteiger partial charge in [0.2, 0.25) is 5.76 Å². The normalized spacial score (nSPS) is 10.4. The van der Waals surface area contributed by atoms with Crippen molar-refractivity contribution in [3.63, 3.8) is 0 Å². The predicted molar refractivity (Wildman–Crippen MR) is 78.2 cm³/mol. The van der Waals surface area contributed by atoms with E-state index in [4.69, 9.17) is 10.2 Å². The molecule has 1 aromatic heterocycles. The molecule has 0 atom stereocenters. The molecule has 2 N–H and O–H groups in total. The van der Waals surface area contributed by atoms with Crippen LogP contribution in [0.3, 0.4) is 0 Å². The van der Waals surface area contributed by atoms with Crippen molar-refractivity contribution in [1.82, 2.24) is 0 Å². The molecule has 0 saturated carbocycles. The number of rotatable bonds is 4. The van der Waals surface area contributed by atoms with Crippen LogP contribution in [-0.2, 0) is 10.5 Å². The number of hydrogen-bond donors (Lipinski definition) is 1. The number of benzene rings is 1. The zero-order chi connectivity index (χ0) is 13.8. The van der Waals surface area contributed by atoms with Crippen LogP contribution in [0.4, 0.5) is 5.69 Å². The maximum Gasteiger partial charge on any atom is 0.374 e. The number of nitrogens with two attached hydrogens (primary N) is 1. The highest BCUT2D eigenvalue weighted by atomic mass is 79.9. The Bertz CT molecular complexity index is 597. The lowest BCUT2D eigenvalue weighted by Gasteiger charge is -2.05. The molecule has 4 nitrogen and oxygen atoms in total. The molecule has 6 heteroatoms. The number of nitrogen functional groups attached to an aromatic ring is 1. The number of carbonyl (C=O) groups is 1. The van der Waals surface area contributed by atoms with Gasteiger partial charge in [0.1, 0.15) is 0 Å². The zero-order valence-corrected chi connectivity index (χ0v) is 12.6. The molecule has 1 heterocycles. The number of carbonyl (C=O) groups excluding carboxylic acids is 1. The summed E-state index contributed by atoms with van der Waals surface area (Å²) in [6.07, 6.45) is 1.48. The van der Waals surface area contributed by atoms with Crippen LogP contribution in [0.2, 0.25) is 0 Å². The fourth-order valence-corrected chi connectivity index (χ4v) is 2.83. The molecule has 0 spiro atoms. The molecular weight excluding hydrogens is 330 g/mol. The predicted octanol–water partition coefficient (Wildman–Crippen LogP) is 3.70. The lowest BCUT2D eigenvalue weighted by atomic mass is 10.3. The van der Waals surface area contributed by atoms with Crippen molar-refractivity contribution in [2.75, 3.05) is 12.8 Å². The fraction of sp³-hybridized carbons (Fsp3) is 0.154. The molecule has 0 fully saturated rings. The molecule has 2 rings (SSSR count). The van der Waals surface area contributed by atoms with E-state index in [2.05, 4.69) is 20.7 Å². The average molecular weight is 342 g/mol. The molecule has 0 aliphatic heterocycles. The quantitative estimate of drug-likeness (QED) is 0.521. The maximum absolute atomic E-state index is 11.5. The van der Waals surface area contributed by atoms with Crippen molar-refractivity contribution < 1.29 is 13.9 Å². The first kappa shape index (κ1) is 14.0. The second kappa shape index (κ2) is 6.16. The Balaban J connectivity index is 2.10. The van der Waals surface area contributed by atoms with Gasteiger partial charge in [-0.2, -0.15) is 0 Å². The Labute approximate surface area is 123 Å². The van der Waals surface area contributed by atoms with Gasteiger partial charge >= 0.3 is 5.97 Å². The summed E-state index contributed by atoms with van der Waals surface area (Å²) in [6, 6.07) is 7.46. The highest BCUT2D eigenvalue weighted by Gasteiger charge is 2.16. The van der Waals surface area contributed by atoms with Crippen molar-refractivity contribution in [2.24, 2.45) is 0 Å². The van der Waals surface area contributed by atoms with Crippen LogP contribution in [-0.4, -0.2) is 13.1 Å². The van der Waals surface area contributed by atoms with Gasteiger partial charge in [0.05, 0.1) is 13.4 Å². The van der Waals surface area contributed by atoms with E-state index in [9.17, 15) is 4.79 Å². The summed E-state index contributed by atoms with van der Waals surface area (Å²) in [7, 11) is 1.33. The number of thioether (sulfide) groups is 1. The Kier molecular flexibility index (Phi) is 4.55. The second-order valence-corrected chi connectivity index (χ2v) is 5.67. The van der Waals surface area contributed by atoms with Crippen LogP contribution in [0, 0.1) is 0 Å². The molecule has 100 valence electrons. The van der Waals surface area contributed by atoms with E-state index in [-0.39, 0.29) is 5.76 Å². The van der Waals surface area contributed by atoms with Gasteiger partial charge in [-0.15, -0.1) is 11.8 Å². The van der Waals surface area contributed by atoms with Crippen molar-refractivity contribution in [1.29, 1.82) is 0 Å². The van der Waals surface area contributed by atoms with Gasteiger partial charge in [0.15, 0.2) is 0 Å². The number of methoxy groups -OCH3 is 1. The van der Waals surface area contributed by atoms with Gasteiger partial charge in [0, 0.05) is 26.4 Å². The molecular formula is C13H12BrNO3S. The number of ether oxygens (including phenoxy) is 1. The first-order valence-electron chi connectivity index (χ1n) is 5.44. The standard InChI is InChI=1S/C13H12BrNO3S/c1-17-13(16)12-8(4-5-18-12)7-19-11-3-2-9(14)6-10(11)15/h2-6H,7,15H2,1H3. The van der Waals surface area contributed by atoms with Crippen molar-refractivity contribution in [3.8, 4) is 0 Å². The molecule has 0 aliphatic carbocycles. The zero-order valence-electron chi connectivity index (χ0n) is 10.2. The van der Waals surface area contributed by atoms with Crippen molar-refractivity contribution in [2.45, 2.75) is 10.6 Å². The van der Waals surface area contributed by atoms with Gasteiger partial charge < -0.3 is 14.9 Å². The lowest BCUT2D eigenvalue weighted by molar-refractivity contribution is 0.0564. The maximum atomic E-state index is 11.5. The number of furan rings is 1. The molecule has 0 amide bonds. The highest BCUT2D eigenvalue weighted by molar-refractivity contribution is 9.10. The van der Waals surface area contributed by atoms with Crippen LogP contribution in [0.1, 0.15) is 16.1 Å². The van der Waals surface area contributed by atoms with Crippen LogP contribution < -0.4 is 5.73 Å². The van der Waals surface area contributed by atoms with Crippen molar-refractivity contribution >= 4 is 39.3 Å². The Morgan fingerprint density at radius 3 is 2.95 bits per heavy atom. The second-order valence-electron chi connectivity index (χ2n) is 3.74. The summed E-state index contributed by atoms with van der Waals surface area (Å²) in [6.45, 7) is 0. The number of anilines is 1. The summed E-state index contributed by atoms with van der Waals surface area (Å²) in [5.41, 5.74) is 7.41. The molecule has 0 aliphatic rings. The van der Waals surface area contributed by atoms with Gasteiger partial charge in [-0.3, -0.25) is 0 Å². The van der Waals surface area contributed by atoms with E-state index in [0.717, 1.165) is 14.9 Å². The van der Waals surface area contributed by atoms with E-state index >= 15 is 0 Å². The van der Waals surface area contributed by atoms with Crippen LogP contribution in [0.25, 0.3) is 0 Å². The molecule has 0 unspecified atom stereocenters. The van der Waals surface area contributed by atoms with Gasteiger partial charge in [-0.1, -0.05) is 15.9 Å². The lowest BCUT2D eigenvalue weighted by Crippen LogP contribution is -2.02. The monoisotopic (exact) mass is 341 g/mol. The Morgan fingerprint density at radius 2 is 2.26 bits per heavy atom. The largest absolute Gasteiger partial charge is 0.463 e. The Hall–Kier alpha value is -1.40. The summed E-state index contributed by atoms with van der Waals surface area (Å²) in [4.78, 5) is 12.4. The number of hydrogen-bond acceptors (Lipinski definition) is 5. The third kappa shape index (κ3) is 3.33. The number of halogens is 1. The van der Waals surface area contributed by atoms with E-state index in [1.54, 1.807) is 17.8 Å². The van der Waals surface area contributed by atoms with E-state index in [1.807, 2.05) is 18.2 Å². The minimum Gasteiger partial charge on any atom is -0.463 e. The summed E-state index contributed by atoms with van der Waals surface area (Å²) in [5, 5.41) is 0. The average Bonchev–Trinajstić information content (AvgIpc) is 2.85. The first-order valence-corrected chi connectivity index (χ1v) is 7.22. The highest BCUT2D eigenvalue weighted by Crippen LogP contribution is 2.31. The minimum absolute atomic E-state index is 0.241. The summed E-state index contributed by atoms with van der Waals surface area (Å²) >= 11 is 4.90. The van der Waals surface area contributed by atoms with E-state index in [0.29, 0.717) is 11.4 Å². The van der Waals surface area contributed by atoms with E-state index in [1.165, 1.54) is 13.4 Å². The van der Waals surface area contributed by atoms with Crippen LogP contribution in [0.15, 0.2) is 44.3 Å². The third-order valence-corrected chi connectivity index (χ3v) is 4.10. The first-order chi connectivity index (χ1) is 9.11. The van der Waals surface area contributed by atoms with Crippen molar-refractivity contribution in [3.05, 3.63) is 46.3 Å². The summed E-state index contributed by atoms with van der Waals surface area (Å²) in [5.74, 6) is 0.363. The van der Waals surface area contributed by atoms with Gasteiger partial charge in [-0.05, 0) is 24.3 Å². The molecule has 0 saturated heterocycles. The van der Waals surface area contributed by atoms with Crippen LogP contribution in [0.5, 0.6) is 0 Å². The van der Waals surface area contributed by atoms with Gasteiger partial charge in [0.25, 0.3) is 0 Å². The smallest absolute Gasteiger partial charge is 0.374 e. The fourth-order valence-electron chi connectivity index (χ4n) is 1.53. The Morgan fingerprint density at radius 1 is 1.47 bits per heavy atom.